The van der Waals surface area contributed by atoms with E-state index in [1.165, 1.54) is 10.5 Å². The van der Waals surface area contributed by atoms with Crippen LogP contribution in [0, 0.1) is 0 Å². The molecule has 2 amide bonds. The van der Waals surface area contributed by atoms with E-state index >= 15 is 0 Å². The second-order valence-corrected chi connectivity index (χ2v) is 10.8. The molecule has 0 spiro atoms. The van der Waals surface area contributed by atoms with Crippen molar-refractivity contribution in [1.82, 2.24) is 10.2 Å². The largest absolute Gasteiger partial charge is 0.483 e. The first-order valence-electron chi connectivity index (χ1n) is 11.8. The fourth-order valence-electron chi connectivity index (χ4n) is 3.66. The molecule has 0 aliphatic carbocycles. The smallest absolute Gasteiger partial charge is 0.308 e. The number of carbonyl (C=O) groups is 3. The minimum atomic E-state index is -0.892. The third-order valence-corrected chi connectivity index (χ3v) is 5.92. The van der Waals surface area contributed by atoms with Crippen LogP contribution in [0.15, 0.2) is 18.2 Å². The van der Waals surface area contributed by atoms with Crippen molar-refractivity contribution in [2.24, 2.45) is 0 Å². The quantitative estimate of drug-likeness (QED) is 0.627. The minimum absolute atomic E-state index is 0.00733. The van der Waals surface area contributed by atoms with E-state index in [9.17, 15) is 14.4 Å². The maximum Gasteiger partial charge on any atom is 0.308 e. The van der Waals surface area contributed by atoms with Crippen LogP contribution in [0.4, 0.5) is 0 Å². The molecule has 7 nitrogen and oxygen atoms in total. The summed E-state index contributed by atoms with van der Waals surface area (Å²) in [5, 5.41) is 2.73. The third kappa shape index (κ3) is 7.21. The van der Waals surface area contributed by atoms with Gasteiger partial charge in [-0.2, -0.15) is 0 Å². The molecule has 1 N–H and O–H groups in total. The van der Waals surface area contributed by atoms with E-state index < -0.39 is 12.0 Å². The number of amides is 2. The predicted octanol–water partition coefficient (Wildman–Crippen LogP) is 3.72. The average molecular weight is 461 g/mol. The molecular weight excluding hydrogens is 420 g/mol. The van der Waals surface area contributed by atoms with E-state index in [4.69, 9.17) is 9.47 Å². The van der Waals surface area contributed by atoms with Gasteiger partial charge in [0.05, 0.1) is 12.5 Å². The molecule has 2 rings (SSSR count). The monoisotopic (exact) mass is 460 g/mol. The number of piperazine rings is 1. The molecule has 2 unspecified atom stereocenters. The van der Waals surface area contributed by atoms with Gasteiger partial charge in [0.2, 0.25) is 5.91 Å². The number of ether oxygens (including phenoxy) is 2. The van der Waals surface area contributed by atoms with E-state index in [2.05, 4.69) is 52.9 Å². The molecule has 1 saturated heterocycles. The number of rotatable bonds is 7. The summed E-state index contributed by atoms with van der Waals surface area (Å²) in [6.45, 7) is 17.0. The summed E-state index contributed by atoms with van der Waals surface area (Å²) in [5.74, 6) is -0.512. The molecule has 0 bridgehead atoms. The number of nitrogens with zero attached hydrogens (tertiary/aromatic N) is 1. The van der Waals surface area contributed by atoms with Crippen LogP contribution in [-0.2, 0) is 30.0 Å². The van der Waals surface area contributed by atoms with Crippen molar-refractivity contribution in [3.63, 3.8) is 0 Å². The van der Waals surface area contributed by atoms with Gasteiger partial charge in [0.25, 0.3) is 5.91 Å². The Balaban J connectivity index is 2.16. The number of hydrogen-bond acceptors (Lipinski definition) is 5. The Morgan fingerprint density at radius 2 is 1.82 bits per heavy atom. The average Bonchev–Trinajstić information content (AvgIpc) is 2.71. The molecule has 2 atom stereocenters. The molecule has 1 aliphatic heterocycles. The van der Waals surface area contributed by atoms with Crippen LogP contribution in [0.25, 0.3) is 0 Å². The van der Waals surface area contributed by atoms with Crippen LogP contribution in [0.3, 0.4) is 0 Å². The Bertz CT molecular complexity index is 866. The first-order chi connectivity index (χ1) is 15.2. The summed E-state index contributed by atoms with van der Waals surface area (Å²) >= 11 is 0. The van der Waals surface area contributed by atoms with Gasteiger partial charge in [-0.05, 0) is 41.4 Å². The van der Waals surface area contributed by atoms with Crippen molar-refractivity contribution in [2.45, 2.75) is 91.2 Å². The van der Waals surface area contributed by atoms with Gasteiger partial charge < -0.3 is 19.7 Å². The molecule has 1 fully saturated rings. The summed E-state index contributed by atoms with van der Waals surface area (Å²) in [6, 6.07) is 5.19. The zero-order valence-electron chi connectivity index (χ0n) is 21.4. The molecule has 1 aliphatic rings. The summed E-state index contributed by atoms with van der Waals surface area (Å²) in [6.07, 6.45) is 0.280. The van der Waals surface area contributed by atoms with Gasteiger partial charge in [-0.3, -0.25) is 14.4 Å². The van der Waals surface area contributed by atoms with Crippen molar-refractivity contribution in [1.29, 1.82) is 0 Å². The highest BCUT2D eigenvalue weighted by Crippen LogP contribution is 2.35. The van der Waals surface area contributed by atoms with Crippen LogP contribution in [-0.4, -0.2) is 54.5 Å². The summed E-state index contributed by atoms with van der Waals surface area (Å²) in [4.78, 5) is 39.2. The first kappa shape index (κ1) is 26.7. The SMILES string of the molecule is CCC(C)OC(=O)CC1C(=O)NCCN1C(=O)COc1ccc(C(C)(C)C)cc1C(C)(C)C. The Hall–Kier alpha value is -2.57. The minimum Gasteiger partial charge on any atom is -0.483 e. The number of benzene rings is 1. The summed E-state index contributed by atoms with van der Waals surface area (Å²) in [7, 11) is 0. The van der Waals surface area contributed by atoms with E-state index in [1.54, 1.807) is 6.92 Å². The number of esters is 1. The fourth-order valence-corrected chi connectivity index (χ4v) is 3.66. The lowest BCUT2D eigenvalue weighted by Crippen LogP contribution is -2.58. The predicted molar refractivity (Wildman–Crippen MR) is 128 cm³/mol. The topological polar surface area (TPSA) is 84.9 Å². The van der Waals surface area contributed by atoms with Crippen LogP contribution in [0.1, 0.15) is 79.4 Å². The number of carbonyl (C=O) groups excluding carboxylic acids is 3. The highest BCUT2D eigenvalue weighted by Gasteiger charge is 2.35. The highest BCUT2D eigenvalue weighted by molar-refractivity contribution is 5.92. The molecule has 0 aromatic heterocycles. The lowest BCUT2D eigenvalue weighted by Gasteiger charge is -2.35. The molecule has 1 aromatic carbocycles. The Labute approximate surface area is 198 Å². The van der Waals surface area contributed by atoms with Crippen molar-refractivity contribution < 1.29 is 23.9 Å². The molecule has 33 heavy (non-hydrogen) atoms. The van der Waals surface area contributed by atoms with Gasteiger partial charge in [0, 0.05) is 13.1 Å². The molecule has 0 radical (unpaired) electrons. The summed E-state index contributed by atoms with van der Waals surface area (Å²) < 4.78 is 11.3. The van der Waals surface area contributed by atoms with Crippen LogP contribution in [0.5, 0.6) is 5.75 Å². The van der Waals surface area contributed by atoms with Crippen molar-refractivity contribution in [3.8, 4) is 5.75 Å². The van der Waals surface area contributed by atoms with Gasteiger partial charge in [0.1, 0.15) is 11.8 Å². The Kier molecular flexibility index (Phi) is 8.55. The van der Waals surface area contributed by atoms with E-state index in [0.717, 1.165) is 5.56 Å². The molecule has 1 heterocycles. The Morgan fingerprint density at radius 3 is 2.39 bits per heavy atom. The van der Waals surface area contributed by atoms with E-state index in [-0.39, 0.29) is 41.8 Å². The van der Waals surface area contributed by atoms with Gasteiger partial charge >= 0.3 is 5.97 Å². The van der Waals surface area contributed by atoms with Crippen LogP contribution >= 0.6 is 0 Å². The zero-order chi connectivity index (χ0) is 25.0. The third-order valence-electron chi connectivity index (χ3n) is 5.92. The second-order valence-electron chi connectivity index (χ2n) is 10.8. The maximum atomic E-state index is 13.0. The number of nitrogens with one attached hydrogen (secondary N) is 1. The fraction of sp³-hybridized carbons (Fsp3) is 0.654. The highest BCUT2D eigenvalue weighted by atomic mass is 16.5. The second kappa shape index (κ2) is 10.6. The maximum absolute atomic E-state index is 13.0. The standard InChI is InChI=1S/C26H40N2O5/c1-9-17(2)33-23(30)15-20-24(31)27-12-13-28(20)22(29)16-32-21-11-10-18(25(3,4)5)14-19(21)26(6,7)8/h10-11,14,17,20H,9,12-13,15-16H2,1-8H3,(H,27,31). The zero-order valence-corrected chi connectivity index (χ0v) is 21.4. The molecular formula is C26H40N2O5. The van der Waals surface area contributed by atoms with Crippen molar-refractivity contribution in [3.05, 3.63) is 29.3 Å². The van der Waals surface area contributed by atoms with Gasteiger partial charge in [-0.1, -0.05) is 60.6 Å². The first-order valence-corrected chi connectivity index (χ1v) is 11.8. The Morgan fingerprint density at radius 1 is 1.15 bits per heavy atom. The van der Waals surface area contributed by atoms with Crippen LogP contribution in [0.2, 0.25) is 0 Å². The van der Waals surface area contributed by atoms with Crippen molar-refractivity contribution in [2.75, 3.05) is 19.7 Å². The van der Waals surface area contributed by atoms with E-state index in [1.807, 2.05) is 19.1 Å². The lowest BCUT2D eigenvalue weighted by molar-refractivity contribution is -0.155. The van der Waals surface area contributed by atoms with E-state index in [0.29, 0.717) is 25.3 Å². The molecule has 184 valence electrons. The normalized spacial score (nSPS) is 17.9. The van der Waals surface area contributed by atoms with Gasteiger partial charge in [-0.25, -0.2) is 0 Å². The molecule has 0 saturated carbocycles. The van der Waals surface area contributed by atoms with Crippen LogP contribution < -0.4 is 10.1 Å². The number of hydrogen-bond donors (Lipinski definition) is 1. The van der Waals surface area contributed by atoms with Gasteiger partial charge in [-0.15, -0.1) is 0 Å². The lowest BCUT2D eigenvalue weighted by atomic mass is 9.80. The summed E-state index contributed by atoms with van der Waals surface area (Å²) in [5.41, 5.74) is 2.03. The van der Waals surface area contributed by atoms with Crippen molar-refractivity contribution >= 4 is 17.8 Å². The van der Waals surface area contributed by atoms with Gasteiger partial charge in [0.15, 0.2) is 6.61 Å². The molecule has 7 heteroatoms. The molecule has 1 aromatic rings.